The predicted molar refractivity (Wildman–Crippen MR) is 45.3 cm³/mol. The normalized spacial score (nSPS) is 25.3. The second-order valence-corrected chi connectivity index (χ2v) is 5.46. The molecule has 0 aromatic carbocycles. The van der Waals surface area contributed by atoms with E-state index in [1.54, 1.807) is 0 Å². The highest BCUT2D eigenvalue weighted by atomic mass is 32.2. The quantitative estimate of drug-likeness (QED) is 0.671. The van der Waals surface area contributed by atoms with Gasteiger partial charge in [0.15, 0.2) is 15.4 Å². The molecule has 1 N–H and O–H groups in total. The molecular weight excluding hydrogens is 196 g/mol. The van der Waals surface area contributed by atoms with Crippen molar-refractivity contribution in [2.45, 2.75) is 18.4 Å². The van der Waals surface area contributed by atoms with E-state index < -0.39 is 21.4 Å². The summed E-state index contributed by atoms with van der Waals surface area (Å²) in [7, 11) is -1.74. The van der Waals surface area contributed by atoms with Gasteiger partial charge in [0.2, 0.25) is 0 Å². The van der Waals surface area contributed by atoms with Gasteiger partial charge in [-0.05, 0) is 0 Å². The van der Waals surface area contributed by atoms with Crippen molar-refractivity contribution in [1.82, 2.24) is 0 Å². The maximum absolute atomic E-state index is 11.0. The molecule has 6 heteroatoms. The van der Waals surface area contributed by atoms with E-state index in [9.17, 15) is 13.2 Å². The Kier molecular flexibility index (Phi) is 2.63. The van der Waals surface area contributed by atoms with Crippen LogP contribution in [0.5, 0.6) is 0 Å². The van der Waals surface area contributed by atoms with Crippen LogP contribution < -0.4 is 0 Å². The van der Waals surface area contributed by atoms with Gasteiger partial charge in [-0.2, -0.15) is 0 Å². The molecule has 1 rings (SSSR count). The smallest absolute Gasteiger partial charge is 0.336 e. The first-order chi connectivity index (χ1) is 5.92. The molecule has 0 aliphatic carbocycles. The number of carboxylic acids is 1. The predicted octanol–water partition coefficient (Wildman–Crippen LogP) is -0.335. The average molecular weight is 208 g/mol. The Balaban J connectivity index is 2.81. The van der Waals surface area contributed by atoms with Crippen LogP contribution in [0.3, 0.4) is 0 Å². The Labute approximate surface area is 76.6 Å². The molecule has 76 valence electrons. The fourth-order valence-corrected chi connectivity index (χ4v) is 2.86. The van der Waals surface area contributed by atoms with Crippen LogP contribution in [0.1, 0.15) is 12.8 Å². The van der Waals surface area contributed by atoms with E-state index in [0.717, 1.165) is 0 Å². The van der Waals surface area contributed by atoms with E-state index in [1.807, 2.05) is 0 Å². The Morgan fingerprint density at radius 1 is 1.38 bits per heavy atom. The van der Waals surface area contributed by atoms with Gasteiger partial charge in [0.1, 0.15) is 0 Å². The van der Waals surface area contributed by atoms with Gasteiger partial charge in [0.05, 0.1) is 11.5 Å². The van der Waals surface area contributed by atoms with Crippen LogP contribution in [-0.4, -0.2) is 43.7 Å². The minimum atomic E-state index is -3.04. The Morgan fingerprint density at radius 3 is 2.15 bits per heavy atom. The van der Waals surface area contributed by atoms with Crippen molar-refractivity contribution in [3.63, 3.8) is 0 Å². The highest BCUT2D eigenvalue weighted by Crippen LogP contribution is 2.27. The van der Waals surface area contributed by atoms with E-state index >= 15 is 0 Å². The number of aliphatic carboxylic acids is 1. The molecule has 0 aromatic heterocycles. The molecule has 5 nitrogen and oxygen atoms in total. The van der Waals surface area contributed by atoms with Crippen LogP contribution in [0, 0.1) is 0 Å². The minimum absolute atomic E-state index is 0.0428. The zero-order valence-corrected chi connectivity index (χ0v) is 8.13. The third kappa shape index (κ3) is 2.00. The molecule has 0 bridgehead atoms. The lowest BCUT2D eigenvalue weighted by Gasteiger charge is -2.31. The van der Waals surface area contributed by atoms with Crippen LogP contribution in [0.4, 0.5) is 0 Å². The Morgan fingerprint density at radius 2 is 1.85 bits per heavy atom. The molecule has 0 spiro atoms. The number of ether oxygens (including phenoxy) is 1. The van der Waals surface area contributed by atoms with E-state index in [4.69, 9.17) is 9.84 Å². The summed E-state index contributed by atoms with van der Waals surface area (Å²) in [5.74, 6) is -1.29. The molecule has 1 aliphatic rings. The summed E-state index contributed by atoms with van der Waals surface area (Å²) in [6.45, 7) is 0. The number of methoxy groups -OCH3 is 1. The molecule has 0 amide bonds. The molecule has 0 aromatic rings. The summed E-state index contributed by atoms with van der Waals surface area (Å²) in [6.07, 6.45) is 0.0856. The Hall–Kier alpha value is -0.620. The molecule has 0 radical (unpaired) electrons. The monoisotopic (exact) mass is 208 g/mol. The molecular formula is C7H12O5S. The first-order valence-corrected chi connectivity index (χ1v) is 5.73. The van der Waals surface area contributed by atoms with Gasteiger partial charge in [-0.25, -0.2) is 13.2 Å². The van der Waals surface area contributed by atoms with E-state index in [0.29, 0.717) is 0 Å². The molecule has 1 fully saturated rings. The summed E-state index contributed by atoms with van der Waals surface area (Å²) >= 11 is 0. The summed E-state index contributed by atoms with van der Waals surface area (Å²) in [6, 6.07) is 0. The number of hydrogen-bond acceptors (Lipinski definition) is 4. The summed E-state index contributed by atoms with van der Waals surface area (Å²) in [5.41, 5.74) is -1.29. The first kappa shape index (κ1) is 10.5. The van der Waals surface area contributed by atoms with Gasteiger partial charge >= 0.3 is 5.97 Å². The lowest BCUT2D eigenvalue weighted by atomic mass is 9.97. The van der Waals surface area contributed by atoms with Crippen molar-refractivity contribution in [3.8, 4) is 0 Å². The van der Waals surface area contributed by atoms with Gasteiger partial charge < -0.3 is 9.84 Å². The molecule has 0 saturated carbocycles. The zero-order valence-electron chi connectivity index (χ0n) is 7.32. The van der Waals surface area contributed by atoms with Crippen LogP contribution in [0.15, 0.2) is 0 Å². The SMILES string of the molecule is COC1(C(=O)O)CCS(=O)(=O)CC1. The molecule has 13 heavy (non-hydrogen) atoms. The highest BCUT2D eigenvalue weighted by Gasteiger charge is 2.43. The molecule has 1 saturated heterocycles. The molecule has 1 heterocycles. The number of hydrogen-bond donors (Lipinski definition) is 1. The lowest BCUT2D eigenvalue weighted by Crippen LogP contribution is -2.47. The van der Waals surface area contributed by atoms with Crippen LogP contribution in [0.25, 0.3) is 0 Å². The average Bonchev–Trinajstić information content (AvgIpc) is 2.05. The summed E-state index contributed by atoms with van der Waals surface area (Å²) in [5, 5.41) is 8.84. The van der Waals surface area contributed by atoms with Crippen molar-refractivity contribution in [3.05, 3.63) is 0 Å². The second kappa shape index (κ2) is 3.26. The minimum Gasteiger partial charge on any atom is -0.479 e. The third-order valence-corrected chi connectivity index (χ3v) is 4.07. The van der Waals surface area contributed by atoms with Gasteiger partial charge in [-0.3, -0.25) is 0 Å². The van der Waals surface area contributed by atoms with Crippen molar-refractivity contribution in [1.29, 1.82) is 0 Å². The maximum Gasteiger partial charge on any atom is 0.336 e. The topological polar surface area (TPSA) is 80.7 Å². The van der Waals surface area contributed by atoms with Crippen molar-refractivity contribution < 1.29 is 23.1 Å². The lowest BCUT2D eigenvalue weighted by molar-refractivity contribution is -0.163. The van der Waals surface area contributed by atoms with Crippen molar-refractivity contribution >= 4 is 15.8 Å². The zero-order chi connectivity index (χ0) is 10.1. The van der Waals surface area contributed by atoms with E-state index in [2.05, 4.69) is 0 Å². The molecule has 0 atom stereocenters. The maximum atomic E-state index is 11.0. The molecule has 1 aliphatic heterocycles. The van der Waals surface area contributed by atoms with Crippen LogP contribution in [-0.2, 0) is 19.4 Å². The largest absolute Gasteiger partial charge is 0.479 e. The standard InChI is InChI=1S/C7H12O5S/c1-12-7(6(8)9)2-4-13(10,11)5-3-7/h2-5H2,1H3,(H,8,9). The van der Waals surface area contributed by atoms with Crippen LogP contribution >= 0.6 is 0 Å². The number of sulfone groups is 1. The van der Waals surface area contributed by atoms with Gasteiger partial charge in [-0.1, -0.05) is 0 Å². The number of rotatable bonds is 2. The van der Waals surface area contributed by atoms with Crippen molar-refractivity contribution in [2.75, 3.05) is 18.6 Å². The third-order valence-electron chi connectivity index (χ3n) is 2.41. The second-order valence-electron chi connectivity index (χ2n) is 3.16. The van der Waals surface area contributed by atoms with Gasteiger partial charge in [0.25, 0.3) is 0 Å². The summed E-state index contributed by atoms with van der Waals surface area (Å²) in [4.78, 5) is 10.8. The fraction of sp³-hybridized carbons (Fsp3) is 0.857. The van der Waals surface area contributed by atoms with E-state index in [1.165, 1.54) is 7.11 Å². The van der Waals surface area contributed by atoms with Crippen LogP contribution in [0.2, 0.25) is 0 Å². The van der Waals surface area contributed by atoms with E-state index in [-0.39, 0.29) is 24.3 Å². The number of carboxylic acid groups (broad SMARTS) is 1. The molecule has 0 unspecified atom stereocenters. The number of carbonyl (C=O) groups is 1. The highest BCUT2D eigenvalue weighted by molar-refractivity contribution is 7.91. The van der Waals surface area contributed by atoms with Gasteiger partial charge in [0, 0.05) is 20.0 Å². The van der Waals surface area contributed by atoms with Crippen molar-refractivity contribution in [2.24, 2.45) is 0 Å². The van der Waals surface area contributed by atoms with Gasteiger partial charge in [-0.15, -0.1) is 0 Å². The Bertz CT molecular complexity index is 291. The summed E-state index contributed by atoms with van der Waals surface area (Å²) < 4.78 is 26.9. The first-order valence-electron chi connectivity index (χ1n) is 3.91. The fourth-order valence-electron chi connectivity index (χ4n) is 1.37.